The number of anilines is 1. The van der Waals surface area contributed by atoms with E-state index in [4.69, 9.17) is 0 Å². The van der Waals surface area contributed by atoms with Crippen molar-refractivity contribution in [2.75, 3.05) is 31.6 Å². The van der Waals surface area contributed by atoms with Crippen LogP contribution in [0.15, 0.2) is 12.2 Å². The third-order valence-corrected chi connectivity index (χ3v) is 7.80. The molecule has 6 nitrogen and oxygen atoms in total. The predicted molar refractivity (Wildman–Crippen MR) is 112 cm³/mol. The Balaban J connectivity index is 1.42. The molecule has 0 saturated heterocycles. The second-order valence-corrected chi connectivity index (χ2v) is 9.91. The molecule has 2 aliphatic carbocycles. The molecule has 29 heavy (non-hydrogen) atoms. The fraction of sp³-hybridized carbons (Fsp3) is 0.591. The molecule has 4 aliphatic rings. The van der Waals surface area contributed by atoms with Crippen LogP contribution >= 0.6 is 11.3 Å². The predicted octanol–water partition coefficient (Wildman–Crippen LogP) is 2.82. The van der Waals surface area contributed by atoms with Gasteiger partial charge in [-0.15, -0.1) is 11.3 Å². The Morgan fingerprint density at radius 2 is 2.03 bits per heavy atom. The third-order valence-electron chi connectivity index (χ3n) is 6.56. The number of allylic oxidation sites excluding steroid dienone is 2. The molecular formula is C22H27N3O3S. The molecule has 1 atom stereocenters. The quantitative estimate of drug-likeness (QED) is 0.713. The van der Waals surface area contributed by atoms with Crippen LogP contribution in [0.5, 0.6) is 0 Å². The summed E-state index contributed by atoms with van der Waals surface area (Å²) in [5, 5.41) is 0.814. The van der Waals surface area contributed by atoms with Crippen molar-refractivity contribution < 1.29 is 14.4 Å². The molecule has 1 unspecified atom stereocenters. The third kappa shape index (κ3) is 3.50. The number of likely N-dealkylation sites (N-methyl/N-ethyl adjacent to an activating group) is 1. The summed E-state index contributed by atoms with van der Waals surface area (Å²) in [6, 6.07) is 0. The van der Waals surface area contributed by atoms with Crippen molar-refractivity contribution in [1.82, 2.24) is 9.80 Å². The largest absolute Gasteiger partial charge is 0.337 e. The first kappa shape index (κ1) is 18.9. The maximum Gasteiger partial charge on any atom is 0.257 e. The second-order valence-electron chi connectivity index (χ2n) is 8.83. The van der Waals surface area contributed by atoms with Crippen molar-refractivity contribution in [3.63, 3.8) is 0 Å². The Morgan fingerprint density at radius 1 is 1.21 bits per heavy atom. The Labute approximate surface area is 175 Å². The fourth-order valence-electron chi connectivity index (χ4n) is 4.64. The van der Waals surface area contributed by atoms with Gasteiger partial charge in [-0.05, 0) is 49.5 Å². The normalized spacial score (nSPS) is 24.0. The number of rotatable bonds is 4. The van der Waals surface area contributed by atoms with Gasteiger partial charge in [0.1, 0.15) is 11.5 Å². The molecule has 0 N–H and O–H groups in total. The van der Waals surface area contributed by atoms with E-state index in [1.54, 1.807) is 23.3 Å². The van der Waals surface area contributed by atoms with Gasteiger partial charge >= 0.3 is 0 Å². The van der Waals surface area contributed by atoms with Crippen molar-refractivity contribution in [2.24, 2.45) is 11.8 Å². The average molecular weight is 414 g/mol. The van der Waals surface area contributed by atoms with Crippen molar-refractivity contribution in [1.29, 1.82) is 0 Å². The topological polar surface area (TPSA) is 60.9 Å². The lowest BCUT2D eigenvalue weighted by molar-refractivity contribution is -0.132. The summed E-state index contributed by atoms with van der Waals surface area (Å²) in [6.45, 7) is 2.06. The van der Waals surface area contributed by atoms with Gasteiger partial charge in [0.25, 0.3) is 5.91 Å². The highest BCUT2D eigenvalue weighted by Gasteiger charge is 2.39. The Bertz CT molecular complexity index is 901. The minimum atomic E-state index is -0.0555. The zero-order chi connectivity index (χ0) is 20.1. The molecular weight excluding hydrogens is 386 g/mol. The van der Waals surface area contributed by atoms with Crippen molar-refractivity contribution in [2.45, 2.75) is 45.1 Å². The first-order valence-electron chi connectivity index (χ1n) is 10.7. The standard InChI is InChI=1S/C22H27N3O3S/c1-23-13-19(27)25(11-15-6-7-15)22-20(21(23)28)16-8-9-24(12-17(16)29-22)18(26)10-14-4-2-3-5-14/h2,4,14-15H,3,5-13H2,1H3. The summed E-state index contributed by atoms with van der Waals surface area (Å²) in [7, 11) is 1.71. The first-order chi connectivity index (χ1) is 14.0. The Hall–Kier alpha value is -2.15. The fourth-order valence-corrected chi connectivity index (χ4v) is 6.02. The van der Waals surface area contributed by atoms with Crippen LogP contribution in [-0.2, 0) is 22.6 Å². The van der Waals surface area contributed by atoms with E-state index in [0.717, 1.165) is 41.1 Å². The van der Waals surface area contributed by atoms with E-state index in [0.29, 0.717) is 49.9 Å². The van der Waals surface area contributed by atoms with E-state index in [2.05, 4.69) is 12.2 Å². The van der Waals surface area contributed by atoms with Crippen LogP contribution in [0.4, 0.5) is 5.00 Å². The number of carbonyl (C=O) groups excluding carboxylic acids is 3. The minimum Gasteiger partial charge on any atom is -0.337 e. The van der Waals surface area contributed by atoms with E-state index in [9.17, 15) is 14.4 Å². The molecule has 1 fully saturated rings. The molecule has 0 radical (unpaired) electrons. The summed E-state index contributed by atoms with van der Waals surface area (Å²) in [6.07, 6.45) is 10.0. The Kier molecular flexibility index (Phi) is 4.73. The lowest BCUT2D eigenvalue weighted by Gasteiger charge is -2.28. The summed E-state index contributed by atoms with van der Waals surface area (Å²) in [5.74, 6) is 1.07. The van der Waals surface area contributed by atoms with Gasteiger partial charge in [-0.2, -0.15) is 0 Å². The molecule has 3 amide bonds. The van der Waals surface area contributed by atoms with E-state index in [1.165, 1.54) is 0 Å². The van der Waals surface area contributed by atoms with E-state index in [-0.39, 0.29) is 24.3 Å². The minimum absolute atomic E-state index is 0.00560. The van der Waals surface area contributed by atoms with Gasteiger partial charge in [-0.25, -0.2) is 0 Å². The molecule has 154 valence electrons. The summed E-state index contributed by atoms with van der Waals surface area (Å²) < 4.78 is 0. The van der Waals surface area contributed by atoms with Crippen molar-refractivity contribution in [3.8, 4) is 0 Å². The monoisotopic (exact) mass is 413 g/mol. The van der Waals surface area contributed by atoms with E-state index in [1.807, 2.05) is 9.80 Å². The molecule has 0 aromatic carbocycles. The molecule has 1 aromatic rings. The van der Waals surface area contributed by atoms with Crippen LogP contribution in [0.25, 0.3) is 0 Å². The number of carbonyl (C=O) groups is 3. The highest BCUT2D eigenvalue weighted by Crippen LogP contribution is 2.43. The molecule has 1 saturated carbocycles. The van der Waals surface area contributed by atoms with Crippen molar-refractivity contribution >= 4 is 34.1 Å². The van der Waals surface area contributed by atoms with Crippen molar-refractivity contribution in [3.05, 3.63) is 28.2 Å². The number of hydrogen-bond donors (Lipinski definition) is 0. The molecule has 5 rings (SSSR count). The second kappa shape index (κ2) is 7.27. The summed E-state index contributed by atoms with van der Waals surface area (Å²) in [5.41, 5.74) is 1.77. The van der Waals surface area contributed by atoms with Crippen LogP contribution < -0.4 is 4.90 Å². The van der Waals surface area contributed by atoms with E-state index < -0.39 is 0 Å². The molecule has 3 heterocycles. The summed E-state index contributed by atoms with van der Waals surface area (Å²) >= 11 is 1.55. The highest BCUT2D eigenvalue weighted by atomic mass is 32.1. The molecule has 7 heteroatoms. The van der Waals surface area contributed by atoms with Crippen LogP contribution in [0.3, 0.4) is 0 Å². The number of nitrogens with zero attached hydrogens (tertiary/aromatic N) is 3. The van der Waals surface area contributed by atoms with Gasteiger partial charge < -0.3 is 14.7 Å². The number of fused-ring (bicyclic) bond motifs is 3. The van der Waals surface area contributed by atoms with Crippen LogP contribution in [0.1, 0.15) is 52.9 Å². The molecule has 2 aliphatic heterocycles. The van der Waals surface area contributed by atoms with Crippen LogP contribution in [-0.4, -0.2) is 54.2 Å². The lowest BCUT2D eigenvalue weighted by atomic mass is 10.00. The zero-order valence-electron chi connectivity index (χ0n) is 16.9. The lowest BCUT2D eigenvalue weighted by Crippen LogP contribution is -2.39. The SMILES string of the molecule is CN1CC(=O)N(CC2CC2)c2sc3c(c2C1=O)CCN(C(=O)CC1C=CCC1)C3. The summed E-state index contributed by atoms with van der Waals surface area (Å²) in [4.78, 5) is 45.1. The van der Waals surface area contributed by atoms with Gasteiger partial charge in [0.05, 0.1) is 12.1 Å². The zero-order valence-corrected chi connectivity index (χ0v) is 17.7. The molecule has 1 aromatic heterocycles. The Morgan fingerprint density at radius 3 is 2.76 bits per heavy atom. The van der Waals surface area contributed by atoms with Gasteiger partial charge in [-0.3, -0.25) is 14.4 Å². The maximum absolute atomic E-state index is 13.1. The van der Waals surface area contributed by atoms with Gasteiger partial charge in [0.2, 0.25) is 11.8 Å². The van der Waals surface area contributed by atoms with Gasteiger partial charge in [-0.1, -0.05) is 12.2 Å². The maximum atomic E-state index is 13.1. The number of hydrogen-bond acceptors (Lipinski definition) is 4. The highest BCUT2D eigenvalue weighted by molar-refractivity contribution is 7.17. The molecule has 0 spiro atoms. The number of amides is 3. The van der Waals surface area contributed by atoms with Gasteiger partial charge in [0, 0.05) is 31.4 Å². The number of thiophene rings is 1. The average Bonchev–Trinajstić information content (AvgIpc) is 3.25. The van der Waals surface area contributed by atoms with E-state index >= 15 is 0 Å². The first-order valence-corrected chi connectivity index (χ1v) is 11.5. The van der Waals surface area contributed by atoms with Crippen LogP contribution in [0.2, 0.25) is 0 Å². The smallest absolute Gasteiger partial charge is 0.257 e. The van der Waals surface area contributed by atoms with Crippen LogP contribution in [0, 0.1) is 11.8 Å². The molecule has 0 bridgehead atoms. The van der Waals surface area contributed by atoms with Gasteiger partial charge in [0.15, 0.2) is 0 Å².